The van der Waals surface area contributed by atoms with Crippen molar-refractivity contribution in [2.75, 3.05) is 6.61 Å². The average Bonchev–Trinajstić information content (AvgIpc) is 1.87. The summed E-state index contributed by atoms with van der Waals surface area (Å²) in [5, 5.41) is 18.0. The van der Waals surface area contributed by atoms with E-state index in [0.717, 1.165) is 5.57 Å². The molecule has 0 fully saturated rings. The van der Waals surface area contributed by atoms with Crippen LogP contribution in [-0.2, 0) is 0 Å². The zero-order valence-corrected chi connectivity index (χ0v) is 7.73. The molecule has 0 aliphatic carbocycles. The van der Waals surface area contributed by atoms with Gasteiger partial charge in [-0.05, 0) is 32.3 Å². The zero-order chi connectivity index (χ0) is 8.91. The van der Waals surface area contributed by atoms with Crippen molar-refractivity contribution in [3.63, 3.8) is 0 Å². The number of aliphatic hydroxyl groups is 2. The molecule has 0 amide bonds. The first-order chi connectivity index (χ1) is 5.02. The van der Waals surface area contributed by atoms with Crippen LogP contribution in [0.4, 0.5) is 0 Å². The van der Waals surface area contributed by atoms with E-state index in [-0.39, 0.29) is 6.61 Å². The second kappa shape index (κ2) is 4.75. The predicted octanol–water partition coefficient (Wildman–Crippen LogP) is 1.65. The normalized spacial score (nSPS) is 13.7. The van der Waals surface area contributed by atoms with E-state index < -0.39 is 5.60 Å². The van der Waals surface area contributed by atoms with Crippen LogP contribution in [0, 0.1) is 0 Å². The number of aliphatic hydroxyl groups excluding tert-OH is 1. The second-order valence-corrected chi connectivity index (χ2v) is 3.24. The van der Waals surface area contributed by atoms with E-state index in [9.17, 15) is 5.11 Å². The Morgan fingerprint density at radius 1 is 1.55 bits per heavy atom. The molecule has 0 bridgehead atoms. The summed E-state index contributed by atoms with van der Waals surface area (Å²) in [6.45, 7) is 3.49. The van der Waals surface area contributed by atoms with E-state index in [4.69, 9.17) is 16.7 Å². The molecule has 0 aromatic rings. The topological polar surface area (TPSA) is 40.5 Å². The van der Waals surface area contributed by atoms with Crippen LogP contribution >= 0.6 is 11.6 Å². The third kappa shape index (κ3) is 4.40. The van der Waals surface area contributed by atoms with E-state index in [1.165, 1.54) is 5.54 Å². The molecule has 0 saturated carbocycles. The predicted molar refractivity (Wildman–Crippen MR) is 46.6 cm³/mol. The number of rotatable bonds is 4. The molecule has 0 spiro atoms. The van der Waals surface area contributed by atoms with Gasteiger partial charge < -0.3 is 10.2 Å². The van der Waals surface area contributed by atoms with Crippen LogP contribution in [0.2, 0.25) is 0 Å². The third-order valence-electron chi connectivity index (χ3n) is 1.52. The van der Waals surface area contributed by atoms with Crippen molar-refractivity contribution in [3.8, 4) is 0 Å². The lowest BCUT2D eigenvalue weighted by molar-refractivity contribution is 0.114. The minimum Gasteiger partial charge on any atom is -0.396 e. The van der Waals surface area contributed by atoms with Crippen molar-refractivity contribution in [3.05, 3.63) is 11.1 Å². The lowest BCUT2D eigenvalue weighted by Gasteiger charge is -2.20. The Balaban J connectivity index is 3.99. The fourth-order valence-electron chi connectivity index (χ4n) is 0.763. The molecular formula is C8H15ClO2. The monoisotopic (exact) mass is 178 g/mol. The van der Waals surface area contributed by atoms with E-state index in [1.807, 2.05) is 0 Å². The van der Waals surface area contributed by atoms with E-state index >= 15 is 0 Å². The van der Waals surface area contributed by atoms with E-state index in [0.29, 0.717) is 12.8 Å². The summed E-state index contributed by atoms with van der Waals surface area (Å²) >= 11 is 5.48. The highest BCUT2D eigenvalue weighted by atomic mass is 35.5. The summed E-state index contributed by atoms with van der Waals surface area (Å²) in [5.41, 5.74) is 1.28. The summed E-state index contributed by atoms with van der Waals surface area (Å²) in [6, 6.07) is 0. The summed E-state index contributed by atoms with van der Waals surface area (Å²) in [7, 11) is 0. The van der Waals surface area contributed by atoms with Crippen LogP contribution in [0.15, 0.2) is 11.1 Å². The van der Waals surface area contributed by atoms with Crippen molar-refractivity contribution >= 4 is 11.6 Å². The molecule has 0 atom stereocenters. The molecule has 2 nitrogen and oxygen atoms in total. The Labute approximate surface area is 72.5 Å². The Morgan fingerprint density at radius 2 is 2.09 bits per heavy atom. The van der Waals surface area contributed by atoms with Crippen molar-refractivity contribution in [2.45, 2.75) is 32.3 Å². The first-order valence-corrected chi connectivity index (χ1v) is 4.09. The Bertz CT molecular complexity index is 136. The molecule has 0 radical (unpaired) electrons. The maximum Gasteiger partial charge on any atom is 0.0812 e. The van der Waals surface area contributed by atoms with Gasteiger partial charge in [0.15, 0.2) is 0 Å². The maximum absolute atomic E-state index is 9.47. The lowest BCUT2D eigenvalue weighted by Crippen LogP contribution is -2.21. The fraction of sp³-hybridized carbons (Fsp3) is 0.750. The van der Waals surface area contributed by atoms with Gasteiger partial charge in [0, 0.05) is 12.1 Å². The highest BCUT2D eigenvalue weighted by Crippen LogP contribution is 2.20. The molecular weight excluding hydrogens is 164 g/mol. The van der Waals surface area contributed by atoms with Crippen LogP contribution < -0.4 is 0 Å². The Kier molecular flexibility index (Phi) is 4.73. The van der Waals surface area contributed by atoms with Gasteiger partial charge in [0.1, 0.15) is 0 Å². The summed E-state index contributed by atoms with van der Waals surface area (Å²) in [5.74, 6) is 0. The highest BCUT2D eigenvalue weighted by Gasteiger charge is 2.17. The standard InChI is InChI=1S/C8H15ClO2/c1-8(2,11)7(6-9)4-3-5-10/h6,10-11H,3-5H2,1-2H3. The fourth-order valence-corrected chi connectivity index (χ4v) is 1.14. The molecule has 0 aliphatic heterocycles. The molecule has 0 aliphatic rings. The van der Waals surface area contributed by atoms with Crippen molar-refractivity contribution in [1.29, 1.82) is 0 Å². The van der Waals surface area contributed by atoms with Crippen molar-refractivity contribution in [2.24, 2.45) is 0 Å². The quantitative estimate of drug-likeness (QED) is 0.688. The zero-order valence-electron chi connectivity index (χ0n) is 6.97. The summed E-state index contributed by atoms with van der Waals surface area (Å²) in [4.78, 5) is 0. The number of halogens is 1. The van der Waals surface area contributed by atoms with Gasteiger partial charge in [0.25, 0.3) is 0 Å². The molecule has 0 unspecified atom stereocenters. The van der Waals surface area contributed by atoms with E-state index in [2.05, 4.69) is 0 Å². The molecule has 0 aromatic heterocycles. The van der Waals surface area contributed by atoms with Gasteiger partial charge in [-0.3, -0.25) is 0 Å². The SMILES string of the molecule is CC(C)(O)C(=CCl)CCCO. The van der Waals surface area contributed by atoms with Gasteiger partial charge in [0.05, 0.1) is 5.60 Å². The van der Waals surface area contributed by atoms with Crippen molar-refractivity contribution < 1.29 is 10.2 Å². The van der Waals surface area contributed by atoms with Crippen LogP contribution in [0.3, 0.4) is 0 Å². The Hall–Kier alpha value is -0.0500. The molecule has 0 rings (SSSR count). The lowest BCUT2D eigenvalue weighted by atomic mass is 9.96. The Morgan fingerprint density at radius 3 is 2.36 bits per heavy atom. The maximum atomic E-state index is 9.47. The highest BCUT2D eigenvalue weighted by molar-refractivity contribution is 6.25. The van der Waals surface area contributed by atoms with Gasteiger partial charge >= 0.3 is 0 Å². The van der Waals surface area contributed by atoms with Crippen molar-refractivity contribution in [1.82, 2.24) is 0 Å². The largest absolute Gasteiger partial charge is 0.396 e. The molecule has 0 saturated heterocycles. The third-order valence-corrected chi connectivity index (χ3v) is 1.79. The molecule has 0 aromatic carbocycles. The number of hydrogen-bond donors (Lipinski definition) is 2. The van der Waals surface area contributed by atoms with E-state index in [1.54, 1.807) is 13.8 Å². The van der Waals surface area contributed by atoms with Gasteiger partial charge in [-0.1, -0.05) is 11.6 Å². The number of hydrogen-bond acceptors (Lipinski definition) is 2. The van der Waals surface area contributed by atoms with Gasteiger partial charge in [-0.2, -0.15) is 0 Å². The molecule has 2 N–H and O–H groups in total. The summed E-state index contributed by atoms with van der Waals surface area (Å²) in [6.07, 6.45) is 1.28. The van der Waals surface area contributed by atoms with Gasteiger partial charge in [-0.15, -0.1) is 0 Å². The minimum absolute atomic E-state index is 0.129. The van der Waals surface area contributed by atoms with Crippen LogP contribution in [0.5, 0.6) is 0 Å². The molecule has 66 valence electrons. The first-order valence-electron chi connectivity index (χ1n) is 3.65. The first kappa shape index (κ1) is 11.0. The minimum atomic E-state index is -0.864. The second-order valence-electron chi connectivity index (χ2n) is 3.02. The van der Waals surface area contributed by atoms with Gasteiger partial charge in [0.2, 0.25) is 0 Å². The molecule has 11 heavy (non-hydrogen) atoms. The van der Waals surface area contributed by atoms with Gasteiger partial charge in [-0.25, -0.2) is 0 Å². The van der Waals surface area contributed by atoms with Crippen LogP contribution in [0.1, 0.15) is 26.7 Å². The smallest absolute Gasteiger partial charge is 0.0812 e. The van der Waals surface area contributed by atoms with Crippen LogP contribution in [-0.4, -0.2) is 22.4 Å². The summed E-state index contributed by atoms with van der Waals surface area (Å²) < 4.78 is 0. The molecule has 0 heterocycles. The van der Waals surface area contributed by atoms with Crippen LogP contribution in [0.25, 0.3) is 0 Å². The molecule has 3 heteroatoms. The average molecular weight is 179 g/mol.